The summed E-state index contributed by atoms with van der Waals surface area (Å²) in [5.74, 6) is 0.669. The molecule has 1 nitrogen and oxygen atoms in total. The molecule has 0 aliphatic rings. The number of alkyl halides is 1. The Labute approximate surface area is 85.7 Å². The summed E-state index contributed by atoms with van der Waals surface area (Å²) in [4.78, 5) is 5.41. The Morgan fingerprint density at radius 2 is 2.58 bits per heavy atom. The monoisotopic (exact) mass is 245 g/mol. The number of thiazole rings is 1. The van der Waals surface area contributed by atoms with E-state index >= 15 is 0 Å². The maximum atomic E-state index is 4.05. The lowest BCUT2D eigenvalue weighted by atomic mass is 10.0. The van der Waals surface area contributed by atoms with Crippen LogP contribution < -0.4 is 0 Å². The molecule has 0 spiro atoms. The highest BCUT2D eigenvalue weighted by Gasteiger charge is 2.06. The highest BCUT2D eigenvalue weighted by Crippen LogP contribution is 2.17. The molecule has 0 bridgehead atoms. The van der Waals surface area contributed by atoms with Crippen molar-refractivity contribution < 1.29 is 0 Å². The molecule has 0 aromatic carbocycles. The van der Waals surface area contributed by atoms with Crippen molar-refractivity contribution in [3.8, 4) is 0 Å². The normalized spacial score (nSPS) is 12.8. The summed E-state index contributed by atoms with van der Waals surface area (Å²) in [7, 11) is 0. The highest BCUT2D eigenvalue weighted by atomic mass is 79.9. The molecule has 1 unspecified atom stereocenters. The molecule has 1 rings (SSSR count). The van der Waals surface area contributed by atoms with Gasteiger partial charge in [-0.3, -0.25) is 4.98 Å². The fraction of sp³-hybridized carbons (Fsp3) is 0.444. The minimum absolute atomic E-state index is 0.669. The van der Waals surface area contributed by atoms with E-state index in [9.17, 15) is 0 Å². The predicted molar refractivity (Wildman–Crippen MR) is 57.9 cm³/mol. The lowest BCUT2D eigenvalue weighted by molar-refractivity contribution is 0.610. The topological polar surface area (TPSA) is 12.9 Å². The molecule has 0 saturated carbocycles. The number of rotatable bonds is 5. The molecule has 1 atom stereocenters. The molecule has 0 N–H and O–H groups in total. The lowest BCUT2D eigenvalue weighted by Gasteiger charge is -2.08. The van der Waals surface area contributed by atoms with E-state index in [1.54, 1.807) is 11.3 Å². The van der Waals surface area contributed by atoms with Gasteiger partial charge < -0.3 is 0 Å². The molecule has 0 amide bonds. The quantitative estimate of drug-likeness (QED) is 0.574. The van der Waals surface area contributed by atoms with Gasteiger partial charge in [0.25, 0.3) is 0 Å². The number of aromatic nitrogens is 1. The molecule has 66 valence electrons. The number of halogens is 1. The second kappa shape index (κ2) is 5.49. The van der Waals surface area contributed by atoms with Crippen molar-refractivity contribution in [3.63, 3.8) is 0 Å². The van der Waals surface area contributed by atoms with Crippen LogP contribution in [0, 0.1) is 5.92 Å². The first-order valence-electron chi connectivity index (χ1n) is 3.91. The summed E-state index contributed by atoms with van der Waals surface area (Å²) in [5, 5.41) is 1.04. The van der Waals surface area contributed by atoms with Crippen molar-refractivity contribution in [1.82, 2.24) is 4.98 Å². The van der Waals surface area contributed by atoms with Gasteiger partial charge in [-0.2, -0.15) is 0 Å². The summed E-state index contributed by atoms with van der Waals surface area (Å²) < 4.78 is 0. The van der Waals surface area contributed by atoms with Crippen LogP contribution in [-0.2, 0) is 6.42 Å². The van der Waals surface area contributed by atoms with E-state index in [4.69, 9.17) is 0 Å². The van der Waals surface area contributed by atoms with Gasteiger partial charge >= 0.3 is 0 Å². The summed E-state index contributed by atoms with van der Waals surface area (Å²) in [6.07, 6.45) is 6.11. The second-order valence-corrected chi connectivity index (χ2v) is 4.33. The van der Waals surface area contributed by atoms with Gasteiger partial charge in [-0.25, -0.2) is 0 Å². The van der Waals surface area contributed by atoms with E-state index in [0.29, 0.717) is 5.92 Å². The minimum Gasteiger partial charge on any atom is -0.253 e. The number of hydrogen-bond donors (Lipinski definition) is 0. The first kappa shape index (κ1) is 9.93. The molecule has 1 aromatic rings. The Kier molecular flexibility index (Phi) is 4.54. The first-order chi connectivity index (χ1) is 5.86. The smallest absolute Gasteiger partial charge is 0.0794 e. The molecule has 0 fully saturated rings. The Hall–Kier alpha value is -0.150. The maximum absolute atomic E-state index is 4.05. The van der Waals surface area contributed by atoms with Crippen LogP contribution in [0.15, 0.2) is 24.4 Å². The van der Waals surface area contributed by atoms with Crippen molar-refractivity contribution >= 4 is 27.3 Å². The largest absolute Gasteiger partial charge is 0.253 e. The molecular formula is C9H12BrNS. The molecule has 0 aliphatic heterocycles. The van der Waals surface area contributed by atoms with E-state index in [2.05, 4.69) is 27.5 Å². The van der Waals surface area contributed by atoms with Crippen LogP contribution in [0.3, 0.4) is 0 Å². The zero-order chi connectivity index (χ0) is 8.81. The third-order valence-corrected chi connectivity index (χ3v) is 3.41. The predicted octanol–water partition coefficient (Wildman–Crippen LogP) is 3.27. The fourth-order valence-corrected chi connectivity index (χ4v) is 2.27. The summed E-state index contributed by atoms with van der Waals surface area (Å²) in [5.41, 5.74) is 1.88. The van der Waals surface area contributed by atoms with Crippen LogP contribution in [0.2, 0.25) is 0 Å². The third kappa shape index (κ3) is 3.07. The molecule has 0 aliphatic carbocycles. The van der Waals surface area contributed by atoms with Gasteiger partial charge in [-0.05, 0) is 18.8 Å². The van der Waals surface area contributed by atoms with E-state index in [1.165, 1.54) is 4.88 Å². The van der Waals surface area contributed by atoms with E-state index in [1.807, 2.05) is 17.8 Å². The molecule has 3 heteroatoms. The summed E-state index contributed by atoms with van der Waals surface area (Å²) >= 11 is 5.23. The van der Waals surface area contributed by atoms with Crippen LogP contribution in [0.25, 0.3) is 0 Å². The van der Waals surface area contributed by atoms with E-state index in [0.717, 1.165) is 18.2 Å². The molecule has 1 aromatic heterocycles. The second-order valence-electron chi connectivity index (χ2n) is 2.72. The zero-order valence-electron chi connectivity index (χ0n) is 6.87. The average molecular weight is 246 g/mol. The van der Waals surface area contributed by atoms with Gasteiger partial charge in [0.05, 0.1) is 5.51 Å². The summed E-state index contributed by atoms with van der Waals surface area (Å²) in [6, 6.07) is 0. The van der Waals surface area contributed by atoms with Gasteiger partial charge in [-0.15, -0.1) is 17.9 Å². The Balaban J connectivity index is 2.42. The van der Waals surface area contributed by atoms with Crippen LogP contribution in [0.1, 0.15) is 11.3 Å². The van der Waals surface area contributed by atoms with E-state index in [-0.39, 0.29) is 0 Å². The van der Waals surface area contributed by atoms with Gasteiger partial charge in [0, 0.05) is 16.4 Å². The minimum atomic E-state index is 0.669. The van der Waals surface area contributed by atoms with Crippen molar-refractivity contribution in [2.75, 3.05) is 5.33 Å². The van der Waals surface area contributed by atoms with Gasteiger partial charge in [0.15, 0.2) is 0 Å². The van der Waals surface area contributed by atoms with Crippen LogP contribution >= 0.6 is 27.3 Å². The summed E-state index contributed by atoms with van der Waals surface area (Å²) in [6.45, 7) is 3.74. The standard InChI is InChI=1S/C9H12BrNS/c1-2-3-8(5-10)4-9-6-11-7-12-9/h2,6-8H,1,3-5H2. The Morgan fingerprint density at radius 3 is 3.08 bits per heavy atom. The van der Waals surface area contributed by atoms with Crippen molar-refractivity contribution in [2.45, 2.75) is 12.8 Å². The zero-order valence-corrected chi connectivity index (χ0v) is 9.27. The number of allylic oxidation sites excluding steroid dienone is 1. The van der Waals surface area contributed by atoms with Crippen molar-refractivity contribution in [2.24, 2.45) is 5.92 Å². The van der Waals surface area contributed by atoms with Gasteiger partial charge in [0.2, 0.25) is 0 Å². The van der Waals surface area contributed by atoms with Crippen molar-refractivity contribution in [1.29, 1.82) is 0 Å². The van der Waals surface area contributed by atoms with Crippen LogP contribution in [0.5, 0.6) is 0 Å². The SMILES string of the molecule is C=CCC(CBr)Cc1cncs1. The van der Waals surface area contributed by atoms with Crippen LogP contribution in [0.4, 0.5) is 0 Å². The first-order valence-corrected chi connectivity index (χ1v) is 5.91. The maximum Gasteiger partial charge on any atom is 0.0794 e. The van der Waals surface area contributed by atoms with Crippen molar-refractivity contribution in [3.05, 3.63) is 29.2 Å². The van der Waals surface area contributed by atoms with Gasteiger partial charge in [-0.1, -0.05) is 22.0 Å². The van der Waals surface area contributed by atoms with E-state index < -0.39 is 0 Å². The lowest BCUT2D eigenvalue weighted by Crippen LogP contribution is -2.03. The Morgan fingerprint density at radius 1 is 1.75 bits per heavy atom. The number of nitrogens with zero attached hydrogens (tertiary/aromatic N) is 1. The molecule has 1 heterocycles. The average Bonchev–Trinajstić information content (AvgIpc) is 2.56. The molecular weight excluding hydrogens is 234 g/mol. The molecule has 0 radical (unpaired) electrons. The molecule has 0 saturated heterocycles. The van der Waals surface area contributed by atoms with Gasteiger partial charge in [0.1, 0.15) is 0 Å². The highest BCUT2D eigenvalue weighted by molar-refractivity contribution is 9.09. The number of hydrogen-bond acceptors (Lipinski definition) is 2. The molecule has 12 heavy (non-hydrogen) atoms. The third-order valence-electron chi connectivity index (χ3n) is 1.69. The van der Waals surface area contributed by atoms with Crippen LogP contribution in [-0.4, -0.2) is 10.3 Å². The Bertz CT molecular complexity index is 220. The fourth-order valence-electron chi connectivity index (χ4n) is 1.06.